The highest BCUT2D eigenvalue weighted by atomic mass is 19.1. The third-order valence-corrected chi connectivity index (χ3v) is 3.03. The van der Waals surface area contributed by atoms with Crippen LogP contribution in [-0.2, 0) is 0 Å². The summed E-state index contributed by atoms with van der Waals surface area (Å²) < 4.78 is 18.5. The molecule has 1 aromatic rings. The van der Waals surface area contributed by atoms with E-state index >= 15 is 0 Å². The highest BCUT2D eigenvalue weighted by Crippen LogP contribution is 2.24. The van der Waals surface area contributed by atoms with E-state index in [0.717, 1.165) is 18.7 Å². The summed E-state index contributed by atoms with van der Waals surface area (Å²) in [5, 5.41) is 3.10. The van der Waals surface area contributed by atoms with E-state index in [1.807, 2.05) is 20.2 Å². The van der Waals surface area contributed by atoms with Crippen LogP contribution >= 0.6 is 0 Å². The van der Waals surface area contributed by atoms with Crippen LogP contribution in [0.2, 0.25) is 0 Å². The van der Waals surface area contributed by atoms with E-state index in [0.29, 0.717) is 5.75 Å². The van der Waals surface area contributed by atoms with Gasteiger partial charge in [0.25, 0.3) is 0 Å². The van der Waals surface area contributed by atoms with E-state index in [9.17, 15) is 4.39 Å². The van der Waals surface area contributed by atoms with Gasteiger partial charge in [-0.2, -0.15) is 0 Å². The van der Waals surface area contributed by atoms with Crippen molar-refractivity contribution >= 4 is 0 Å². The molecule has 0 bridgehead atoms. The van der Waals surface area contributed by atoms with Crippen molar-refractivity contribution in [3.05, 3.63) is 29.6 Å². The second kappa shape index (κ2) is 6.57. The molecule has 96 valence electrons. The lowest BCUT2D eigenvalue weighted by Gasteiger charge is -2.25. The molecule has 1 atom stereocenters. The van der Waals surface area contributed by atoms with Gasteiger partial charge in [0.2, 0.25) is 0 Å². The van der Waals surface area contributed by atoms with Crippen molar-refractivity contribution in [3.63, 3.8) is 0 Å². The van der Waals surface area contributed by atoms with Crippen molar-refractivity contribution in [2.45, 2.75) is 13.0 Å². The first-order chi connectivity index (χ1) is 8.10. The van der Waals surface area contributed by atoms with Crippen LogP contribution in [-0.4, -0.2) is 39.2 Å². The van der Waals surface area contributed by atoms with Gasteiger partial charge >= 0.3 is 0 Å². The predicted octanol–water partition coefficient (Wildman–Crippen LogP) is 2.05. The molecule has 0 aromatic heterocycles. The molecule has 0 amide bonds. The first kappa shape index (κ1) is 13.9. The quantitative estimate of drug-likeness (QED) is 0.823. The molecule has 0 saturated carbocycles. The third kappa shape index (κ3) is 3.68. The van der Waals surface area contributed by atoms with Gasteiger partial charge in [0, 0.05) is 19.1 Å². The number of hydrogen-bond donors (Lipinski definition) is 1. The number of hydrogen-bond acceptors (Lipinski definition) is 3. The number of likely N-dealkylation sites (N-methyl/N-ethyl adjacent to an activating group) is 2. The molecule has 0 aliphatic rings. The molecule has 1 unspecified atom stereocenters. The van der Waals surface area contributed by atoms with Crippen LogP contribution in [0.15, 0.2) is 18.2 Å². The highest BCUT2D eigenvalue weighted by Gasteiger charge is 2.13. The standard InChI is InChI=1S/C13H21FN2O/c1-10(16(3)8-7-15-2)11-5-6-13(17-4)12(14)9-11/h5-6,9-10,15H,7-8H2,1-4H3. The molecule has 0 heterocycles. The molecule has 17 heavy (non-hydrogen) atoms. The topological polar surface area (TPSA) is 24.5 Å². The Kier molecular flexibility index (Phi) is 5.38. The van der Waals surface area contributed by atoms with Gasteiger partial charge in [-0.15, -0.1) is 0 Å². The van der Waals surface area contributed by atoms with Crippen molar-refractivity contribution in [1.82, 2.24) is 10.2 Å². The summed E-state index contributed by atoms with van der Waals surface area (Å²) in [4.78, 5) is 2.18. The van der Waals surface area contributed by atoms with Gasteiger partial charge in [0.15, 0.2) is 11.6 Å². The molecule has 4 heteroatoms. The largest absolute Gasteiger partial charge is 0.494 e. The van der Waals surface area contributed by atoms with Crippen LogP contribution < -0.4 is 10.1 Å². The SMILES string of the molecule is CNCCN(C)C(C)c1ccc(OC)c(F)c1. The Hall–Kier alpha value is -1.13. The van der Waals surface area contributed by atoms with Gasteiger partial charge in [-0.1, -0.05) is 6.07 Å². The Labute approximate surface area is 103 Å². The van der Waals surface area contributed by atoms with Gasteiger partial charge in [-0.05, 0) is 38.7 Å². The van der Waals surface area contributed by atoms with Crippen LogP contribution in [0, 0.1) is 5.82 Å². The summed E-state index contributed by atoms with van der Waals surface area (Å²) in [6.45, 7) is 3.90. The fraction of sp³-hybridized carbons (Fsp3) is 0.538. The highest BCUT2D eigenvalue weighted by molar-refractivity contribution is 5.30. The fourth-order valence-corrected chi connectivity index (χ4v) is 1.68. The molecule has 1 rings (SSSR count). The second-order valence-electron chi connectivity index (χ2n) is 4.15. The molecular weight excluding hydrogens is 219 g/mol. The van der Waals surface area contributed by atoms with Crippen molar-refractivity contribution in [3.8, 4) is 5.75 Å². The van der Waals surface area contributed by atoms with E-state index in [4.69, 9.17) is 4.74 Å². The lowest BCUT2D eigenvalue weighted by molar-refractivity contribution is 0.262. The van der Waals surface area contributed by atoms with E-state index in [1.165, 1.54) is 7.11 Å². The zero-order valence-electron chi connectivity index (χ0n) is 11.0. The number of rotatable bonds is 6. The first-order valence-corrected chi connectivity index (χ1v) is 5.78. The minimum absolute atomic E-state index is 0.184. The molecule has 1 N–H and O–H groups in total. The summed E-state index contributed by atoms with van der Waals surface area (Å²) in [5.41, 5.74) is 0.960. The lowest BCUT2D eigenvalue weighted by atomic mass is 10.1. The predicted molar refractivity (Wildman–Crippen MR) is 67.9 cm³/mol. The molecule has 0 spiro atoms. The van der Waals surface area contributed by atoms with E-state index in [-0.39, 0.29) is 11.9 Å². The van der Waals surface area contributed by atoms with Gasteiger partial charge in [0.1, 0.15) is 0 Å². The van der Waals surface area contributed by atoms with Crippen molar-refractivity contribution in [2.24, 2.45) is 0 Å². The summed E-state index contributed by atoms with van der Waals surface area (Å²) >= 11 is 0. The number of nitrogens with one attached hydrogen (secondary N) is 1. The molecule has 1 aromatic carbocycles. The lowest BCUT2D eigenvalue weighted by Crippen LogP contribution is -2.29. The summed E-state index contributed by atoms with van der Waals surface area (Å²) in [6, 6.07) is 5.30. The molecule has 0 aliphatic carbocycles. The average molecular weight is 240 g/mol. The maximum atomic E-state index is 13.6. The smallest absolute Gasteiger partial charge is 0.165 e. The molecule has 3 nitrogen and oxygen atoms in total. The number of ether oxygens (including phenoxy) is 1. The van der Waals surface area contributed by atoms with Gasteiger partial charge in [-0.25, -0.2) is 4.39 Å². The fourth-order valence-electron chi connectivity index (χ4n) is 1.68. The molecule has 0 radical (unpaired) electrons. The Balaban J connectivity index is 2.74. The minimum atomic E-state index is -0.307. The maximum absolute atomic E-state index is 13.6. The number of halogens is 1. The van der Waals surface area contributed by atoms with E-state index < -0.39 is 0 Å². The average Bonchev–Trinajstić information content (AvgIpc) is 2.34. The third-order valence-electron chi connectivity index (χ3n) is 3.03. The van der Waals surface area contributed by atoms with Crippen molar-refractivity contribution in [1.29, 1.82) is 0 Å². The number of methoxy groups -OCH3 is 1. The zero-order valence-corrected chi connectivity index (χ0v) is 11.0. The Morgan fingerprint density at radius 2 is 2.18 bits per heavy atom. The van der Waals surface area contributed by atoms with Gasteiger partial charge in [0.05, 0.1) is 7.11 Å². The van der Waals surface area contributed by atoms with Gasteiger partial charge < -0.3 is 10.1 Å². The van der Waals surface area contributed by atoms with Crippen molar-refractivity contribution < 1.29 is 9.13 Å². The Morgan fingerprint density at radius 1 is 1.47 bits per heavy atom. The summed E-state index contributed by atoms with van der Waals surface area (Å²) in [5.74, 6) is -0.0160. The van der Waals surface area contributed by atoms with Crippen LogP contribution in [0.1, 0.15) is 18.5 Å². The normalized spacial score (nSPS) is 12.8. The van der Waals surface area contributed by atoms with Crippen LogP contribution in [0.25, 0.3) is 0 Å². The Morgan fingerprint density at radius 3 is 2.71 bits per heavy atom. The van der Waals surface area contributed by atoms with Crippen LogP contribution in [0.5, 0.6) is 5.75 Å². The van der Waals surface area contributed by atoms with Crippen molar-refractivity contribution in [2.75, 3.05) is 34.3 Å². The maximum Gasteiger partial charge on any atom is 0.165 e. The summed E-state index contributed by atoms with van der Waals surface area (Å²) in [6.07, 6.45) is 0. The molecule has 0 aliphatic heterocycles. The second-order valence-corrected chi connectivity index (χ2v) is 4.15. The number of benzene rings is 1. The minimum Gasteiger partial charge on any atom is -0.494 e. The first-order valence-electron chi connectivity index (χ1n) is 5.78. The van der Waals surface area contributed by atoms with Gasteiger partial charge in [-0.3, -0.25) is 4.90 Å². The van der Waals surface area contributed by atoms with Crippen LogP contribution in [0.3, 0.4) is 0 Å². The Bertz CT molecular complexity index is 357. The van der Waals surface area contributed by atoms with E-state index in [2.05, 4.69) is 17.1 Å². The number of nitrogens with zero attached hydrogens (tertiary/aromatic N) is 1. The zero-order chi connectivity index (χ0) is 12.8. The molecular formula is C13H21FN2O. The molecule has 0 fully saturated rings. The monoisotopic (exact) mass is 240 g/mol. The molecule has 0 saturated heterocycles. The summed E-state index contributed by atoms with van der Waals surface area (Å²) in [7, 11) is 5.43. The van der Waals surface area contributed by atoms with E-state index in [1.54, 1.807) is 12.1 Å². The van der Waals surface area contributed by atoms with Crippen LogP contribution in [0.4, 0.5) is 4.39 Å².